The van der Waals surface area contributed by atoms with Gasteiger partial charge in [0.2, 0.25) is 0 Å². The molecule has 2 aliphatic carbocycles. The summed E-state index contributed by atoms with van der Waals surface area (Å²) in [6.45, 7) is 11.2. The molecular weight excluding hydrogens is 278 g/mol. The minimum atomic E-state index is 0.521. The van der Waals surface area contributed by atoms with Crippen LogP contribution in [0.2, 0.25) is 0 Å². The van der Waals surface area contributed by atoms with Crippen LogP contribution >= 0.6 is 11.3 Å². The normalized spacial score (nSPS) is 18.5. The Labute approximate surface area is 133 Å². The lowest BCUT2D eigenvalue weighted by molar-refractivity contribution is 0.673. The van der Waals surface area contributed by atoms with Gasteiger partial charge in [0, 0.05) is 24.5 Å². The minimum absolute atomic E-state index is 0.521. The van der Waals surface area contributed by atoms with Crippen molar-refractivity contribution in [1.29, 1.82) is 0 Å². The van der Waals surface area contributed by atoms with Crippen LogP contribution in [0.25, 0.3) is 0 Å². The van der Waals surface area contributed by atoms with Crippen molar-refractivity contribution in [1.82, 2.24) is 10.3 Å². The Morgan fingerprint density at radius 1 is 1.19 bits per heavy atom. The van der Waals surface area contributed by atoms with Crippen LogP contribution in [-0.2, 0) is 6.54 Å². The molecule has 1 aromatic rings. The zero-order valence-electron chi connectivity index (χ0n) is 13.7. The second-order valence-corrected chi connectivity index (χ2v) is 8.09. The number of hydrogen-bond acceptors (Lipinski definition) is 4. The highest BCUT2D eigenvalue weighted by atomic mass is 32.1. The minimum Gasteiger partial charge on any atom is -0.348 e. The molecule has 118 valence electrons. The lowest BCUT2D eigenvalue weighted by Gasteiger charge is -2.21. The topological polar surface area (TPSA) is 28.2 Å². The summed E-state index contributed by atoms with van der Waals surface area (Å²) in [4.78, 5) is 9.07. The standard InChI is InChI=1S/C17H29N3S/c1-4-18-9-15-16(12(2)3)19-17(21-15)20(10-13-5-6-13)11-14-7-8-14/h12-14,18H,4-11H2,1-3H3. The molecule has 0 atom stereocenters. The van der Waals surface area contributed by atoms with Crippen LogP contribution in [0.1, 0.15) is 62.9 Å². The molecule has 2 aliphatic rings. The predicted octanol–water partition coefficient (Wildman–Crippen LogP) is 4.00. The maximum atomic E-state index is 5.03. The van der Waals surface area contributed by atoms with Crippen molar-refractivity contribution < 1.29 is 0 Å². The summed E-state index contributed by atoms with van der Waals surface area (Å²) in [6, 6.07) is 0. The Morgan fingerprint density at radius 2 is 1.81 bits per heavy atom. The van der Waals surface area contributed by atoms with Gasteiger partial charge in [-0.15, -0.1) is 11.3 Å². The fourth-order valence-corrected chi connectivity index (χ4v) is 3.96. The molecular formula is C17H29N3S. The summed E-state index contributed by atoms with van der Waals surface area (Å²) in [6.07, 6.45) is 5.70. The van der Waals surface area contributed by atoms with E-state index in [0.717, 1.165) is 24.9 Å². The zero-order chi connectivity index (χ0) is 14.8. The van der Waals surface area contributed by atoms with Gasteiger partial charge in [-0.05, 0) is 50.0 Å². The maximum absolute atomic E-state index is 5.03. The summed E-state index contributed by atoms with van der Waals surface area (Å²) in [5.74, 6) is 2.40. The highest BCUT2D eigenvalue weighted by Gasteiger charge is 2.31. The third kappa shape index (κ3) is 4.19. The quantitative estimate of drug-likeness (QED) is 0.747. The van der Waals surface area contributed by atoms with Gasteiger partial charge in [-0.3, -0.25) is 0 Å². The summed E-state index contributed by atoms with van der Waals surface area (Å²) in [5, 5.41) is 4.75. The first-order chi connectivity index (χ1) is 10.2. The predicted molar refractivity (Wildman–Crippen MR) is 91.2 cm³/mol. The first kappa shape index (κ1) is 15.3. The van der Waals surface area contributed by atoms with Crippen molar-refractivity contribution in [2.45, 2.75) is 58.9 Å². The average molecular weight is 308 g/mol. The first-order valence-corrected chi connectivity index (χ1v) is 9.44. The molecule has 0 aliphatic heterocycles. The van der Waals surface area contributed by atoms with Gasteiger partial charge < -0.3 is 10.2 Å². The van der Waals surface area contributed by atoms with Crippen LogP contribution in [-0.4, -0.2) is 24.6 Å². The average Bonchev–Trinajstić information content (AvgIpc) is 3.37. The number of aromatic nitrogens is 1. The van der Waals surface area contributed by atoms with Crippen molar-refractivity contribution in [3.8, 4) is 0 Å². The smallest absolute Gasteiger partial charge is 0.185 e. The molecule has 4 heteroatoms. The van der Waals surface area contributed by atoms with Crippen molar-refractivity contribution in [3.05, 3.63) is 10.6 Å². The molecule has 3 rings (SSSR count). The van der Waals surface area contributed by atoms with E-state index in [0.29, 0.717) is 5.92 Å². The first-order valence-electron chi connectivity index (χ1n) is 8.62. The van der Waals surface area contributed by atoms with Gasteiger partial charge in [-0.25, -0.2) is 4.98 Å². The van der Waals surface area contributed by atoms with Crippen LogP contribution in [0.4, 0.5) is 5.13 Å². The van der Waals surface area contributed by atoms with E-state index in [-0.39, 0.29) is 0 Å². The van der Waals surface area contributed by atoms with Crippen molar-refractivity contribution in [3.63, 3.8) is 0 Å². The molecule has 21 heavy (non-hydrogen) atoms. The van der Waals surface area contributed by atoms with Gasteiger partial charge in [0.15, 0.2) is 5.13 Å². The third-order valence-electron chi connectivity index (χ3n) is 4.42. The molecule has 0 saturated heterocycles. The molecule has 1 heterocycles. The maximum Gasteiger partial charge on any atom is 0.185 e. The van der Waals surface area contributed by atoms with Crippen molar-refractivity contribution in [2.75, 3.05) is 24.5 Å². The third-order valence-corrected chi connectivity index (χ3v) is 5.55. The fraction of sp³-hybridized carbons (Fsp3) is 0.824. The molecule has 0 amide bonds. The van der Waals surface area contributed by atoms with Crippen molar-refractivity contribution in [2.24, 2.45) is 11.8 Å². The van der Waals surface area contributed by atoms with Gasteiger partial charge in [0.1, 0.15) is 0 Å². The van der Waals surface area contributed by atoms with Crippen LogP contribution in [0.3, 0.4) is 0 Å². The molecule has 1 N–H and O–H groups in total. The lowest BCUT2D eigenvalue weighted by Crippen LogP contribution is -2.27. The van der Waals surface area contributed by atoms with E-state index >= 15 is 0 Å². The Kier molecular flexibility index (Phi) is 4.85. The summed E-state index contributed by atoms with van der Waals surface area (Å²) in [7, 11) is 0. The second kappa shape index (κ2) is 6.66. The highest BCUT2D eigenvalue weighted by Crippen LogP contribution is 2.38. The molecule has 0 spiro atoms. The summed E-state index contributed by atoms with van der Waals surface area (Å²) >= 11 is 1.93. The molecule has 0 unspecified atom stereocenters. The number of rotatable bonds is 9. The summed E-state index contributed by atoms with van der Waals surface area (Å²) in [5.41, 5.74) is 1.31. The van der Waals surface area contributed by atoms with Crippen LogP contribution < -0.4 is 10.2 Å². The van der Waals surface area contributed by atoms with E-state index < -0.39 is 0 Å². The monoisotopic (exact) mass is 307 g/mol. The molecule has 0 bridgehead atoms. The largest absolute Gasteiger partial charge is 0.348 e. The molecule has 1 aromatic heterocycles. The Hall–Kier alpha value is -0.610. The Bertz CT molecular complexity index is 447. The van der Waals surface area contributed by atoms with Crippen LogP contribution in [0.5, 0.6) is 0 Å². The number of nitrogens with one attached hydrogen (secondary N) is 1. The lowest BCUT2D eigenvalue weighted by atomic mass is 10.1. The Morgan fingerprint density at radius 3 is 2.29 bits per heavy atom. The summed E-state index contributed by atoms with van der Waals surface area (Å²) < 4.78 is 0. The number of nitrogens with zero attached hydrogens (tertiary/aromatic N) is 2. The van der Waals surface area contributed by atoms with Crippen molar-refractivity contribution >= 4 is 16.5 Å². The van der Waals surface area contributed by atoms with Gasteiger partial charge >= 0.3 is 0 Å². The van der Waals surface area contributed by atoms with Gasteiger partial charge in [0.05, 0.1) is 5.69 Å². The van der Waals surface area contributed by atoms with Gasteiger partial charge in [0.25, 0.3) is 0 Å². The van der Waals surface area contributed by atoms with E-state index in [2.05, 4.69) is 31.0 Å². The fourth-order valence-electron chi connectivity index (χ4n) is 2.76. The second-order valence-electron chi connectivity index (χ2n) is 7.03. The van der Waals surface area contributed by atoms with Gasteiger partial charge in [-0.1, -0.05) is 20.8 Å². The van der Waals surface area contributed by atoms with E-state index in [1.54, 1.807) is 0 Å². The van der Waals surface area contributed by atoms with E-state index in [1.165, 1.54) is 54.5 Å². The zero-order valence-corrected chi connectivity index (χ0v) is 14.5. The molecule has 3 nitrogen and oxygen atoms in total. The van der Waals surface area contributed by atoms with E-state index in [4.69, 9.17) is 4.98 Å². The molecule has 2 fully saturated rings. The van der Waals surface area contributed by atoms with Gasteiger partial charge in [-0.2, -0.15) is 0 Å². The van der Waals surface area contributed by atoms with E-state index in [1.807, 2.05) is 11.3 Å². The van der Waals surface area contributed by atoms with E-state index in [9.17, 15) is 0 Å². The van der Waals surface area contributed by atoms with Crippen LogP contribution in [0.15, 0.2) is 0 Å². The Balaban J connectivity index is 1.76. The SMILES string of the molecule is CCNCc1sc(N(CC2CC2)CC2CC2)nc1C(C)C. The molecule has 0 aromatic carbocycles. The molecule has 2 saturated carbocycles. The number of hydrogen-bond donors (Lipinski definition) is 1. The molecule has 0 radical (unpaired) electrons. The number of thiazole rings is 1. The number of anilines is 1. The highest BCUT2D eigenvalue weighted by molar-refractivity contribution is 7.15. The van der Waals surface area contributed by atoms with Crippen LogP contribution in [0, 0.1) is 11.8 Å².